The second kappa shape index (κ2) is 11.5. The van der Waals surface area contributed by atoms with Crippen LogP contribution in [0.1, 0.15) is 16.7 Å². The van der Waals surface area contributed by atoms with Gasteiger partial charge in [-0.15, -0.1) is 35.3 Å². The van der Waals surface area contributed by atoms with Crippen molar-refractivity contribution in [2.24, 2.45) is 4.99 Å². The SMILES string of the molecule is CCc1ccc(CNC(=NC)NCCNS(=O)(=O)c2ccccc2)s1.I. The fourth-order valence-electron chi connectivity index (χ4n) is 2.15. The van der Waals surface area contributed by atoms with Gasteiger partial charge in [0.15, 0.2) is 5.96 Å². The number of nitrogens with one attached hydrogen (secondary N) is 3. The minimum Gasteiger partial charge on any atom is -0.355 e. The van der Waals surface area contributed by atoms with Gasteiger partial charge in [-0.1, -0.05) is 25.1 Å². The zero-order valence-corrected chi connectivity index (χ0v) is 18.8. The Morgan fingerprint density at radius 1 is 1.04 bits per heavy atom. The molecule has 0 amide bonds. The standard InChI is InChI=1S/C17H24N4O2S2.HI/c1-3-14-9-10-15(24-14)13-20-17(18-2)19-11-12-21-25(22,23)16-7-5-4-6-8-16;/h4-10,21H,3,11-13H2,1-2H3,(H2,18,19,20);1H. The summed E-state index contributed by atoms with van der Waals surface area (Å²) < 4.78 is 26.8. The third-order valence-corrected chi connectivity index (χ3v) is 6.19. The molecule has 0 unspecified atom stereocenters. The number of benzene rings is 1. The molecule has 0 spiro atoms. The Labute approximate surface area is 176 Å². The van der Waals surface area contributed by atoms with Gasteiger partial charge in [-0.3, -0.25) is 4.99 Å². The maximum Gasteiger partial charge on any atom is 0.240 e. The van der Waals surface area contributed by atoms with Gasteiger partial charge in [0.25, 0.3) is 0 Å². The summed E-state index contributed by atoms with van der Waals surface area (Å²) in [6.45, 7) is 3.55. The van der Waals surface area contributed by atoms with Gasteiger partial charge in [0.1, 0.15) is 0 Å². The lowest BCUT2D eigenvalue weighted by Gasteiger charge is -2.12. The molecule has 2 rings (SSSR count). The van der Waals surface area contributed by atoms with Gasteiger partial charge < -0.3 is 10.6 Å². The fraction of sp³-hybridized carbons (Fsp3) is 0.353. The highest BCUT2D eigenvalue weighted by Crippen LogP contribution is 2.16. The molecule has 0 saturated heterocycles. The number of halogens is 1. The van der Waals surface area contributed by atoms with Gasteiger partial charge in [0, 0.05) is 29.9 Å². The molecule has 0 radical (unpaired) electrons. The van der Waals surface area contributed by atoms with E-state index in [2.05, 4.69) is 39.4 Å². The molecule has 0 saturated carbocycles. The number of hydrogen-bond donors (Lipinski definition) is 3. The van der Waals surface area contributed by atoms with E-state index in [-0.39, 0.29) is 35.4 Å². The Kier molecular flexibility index (Phi) is 10.1. The molecular formula is C17H25IN4O2S2. The van der Waals surface area contributed by atoms with Crippen molar-refractivity contribution < 1.29 is 8.42 Å². The van der Waals surface area contributed by atoms with E-state index in [9.17, 15) is 8.42 Å². The average Bonchev–Trinajstić information content (AvgIpc) is 3.10. The molecule has 1 aromatic heterocycles. The largest absolute Gasteiger partial charge is 0.355 e. The highest BCUT2D eigenvalue weighted by Gasteiger charge is 2.12. The van der Waals surface area contributed by atoms with Crippen LogP contribution in [0.15, 0.2) is 52.4 Å². The maximum absolute atomic E-state index is 12.1. The number of rotatable bonds is 8. The first-order valence-electron chi connectivity index (χ1n) is 8.12. The minimum atomic E-state index is -3.47. The molecule has 0 aliphatic rings. The summed E-state index contributed by atoms with van der Waals surface area (Å²) in [6, 6.07) is 12.6. The van der Waals surface area contributed by atoms with Crippen LogP contribution in [0.25, 0.3) is 0 Å². The maximum atomic E-state index is 12.1. The van der Waals surface area contributed by atoms with E-state index >= 15 is 0 Å². The Morgan fingerprint density at radius 2 is 1.73 bits per heavy atom. The summed E-state index contributed by atoms with van der Waals surface area (Å²) in [7, 11) is -1.78. The summed E-state index contributed by atoms with van der Waals surface area (Å²) in [5, 5.41) is 6.33. The van der Waals surface area contributed by atoms with Crippen molar-refractivity contribution in [2.45, 2.75) is 24.8 Å². The zero-order chi connectivity index (χ0) is 18.1. The second-order valence-corrected chi connectivity index (χ2v) is 8.30. The average molecular weight is 508 g/mol. The lowest BCUT2D eigenvalue weighted by molar-refractivity contribution is 0.580. The third kappa shape index (κ3) is 7.22. The summed E-state index contributed by atoms with van der Waals surface area (Å²) in [5.41, 5.74) is 0. The monoisotopic (exact) mass is 508 g/mol. The Morgan fingerprint density at radius 3 is 2.35 bits per heavy atom. The van der Waals surface area contributed by atoms with Crippen molar-refractivity contribution >= 4 is 51.3 Å². The van der Waals surface area contributed by atoms with Crippen LogP contribution in [0.2, 0.25) is 0 Å². The Hall–Kier alpha value is -1.17. The number of aliphatic imine (C=N–C) groups is 1. The van der Waals surface area contributed by atoms with Crippen LogP contribution in [0.3, 0.4) is 0 Å². The molecule has 3 N–H and O–H groups in total. The smallest absolute Gasteiger partial charge is 0.240 e. The molecule has 9 heteroatoms. The first-order chi connectivity index (χ1) is 12.0. The van der Waals surface area contributed by atoms with E-state index in [4.69, 9.17) is 0 Å². The quantitative estimate of drug-likeness (QED) is 0.222. The van der Waals surface area contributed by atoms with Crippen LogP contribution < -0.4 is 15.4 Å². The van der Waals surface area contributed by atoms with Gasteiger partial charge in [0.05, 0.1) is 11.4 Å². The molecule has 0 aliphatic heterocycles. The topological polar surface area (TPSA) is 82.6 Å². The molecule has 1 heterocycles. The first kappa shape index (κ1) is 22.9. The molecule has 1 aromatic carbocycles. The molecule has 0 aliphatic carbocycles. The number of aryl methyl sites for hydroxylation is 1. The number of thiophene rings is 1. The van der Waals surface area contributed by atoms with Gasteiger partial charge in [0.2, 0.25) is 10.0 Å². The minimum absolute atomic E-state index is 0. The number of guanidine groups is 1. The van der Waals surface area contributed by atoms with Crippen molar-refractivity contribution in [3.63, 3.8) is 0 Å². The summed E-state index contributed by atoms with van der Waals surface area (Å²) in [4.78, 5) is 7.01. The summed E-state index contributed by atoms with van der Waals surface area (Å²) in [5.74, 6) is 0.644. The number of nitrogens with zero attached hydrogens (tertiary/aromatic N) is 1. The van der Waals surface area contributed by atoms with Crippen LogP contribution in [-0.4, -0.2) is 34.5 Å². The second-order valence-electron chi connectivity index (χ2n) is 5.28. The molecule has 0 bridgehead atoms. The van der Waals surface area contributed by atoms with Crippen LogP contribution in [-0.2, 0) is 23.0 Å². The van der Waals surface area contributed by atoms with Crippen molar-refractivity contribution in [1.82, 2.24) is 15.4 Å². The lowest BCUT2D eigenvalue weighted by Crippen LogP contribution is -2.41. The van der Waals surface area contributed by atoms with Crippen molar-refractivity contribution in [2.75, 3.05) is 20.1 Å². The van der Waals surface area contributed by atoms with Crippen LogP contribution in [0.4, 0.5) is 0 Å². The Balaban J connectivity index is 0.00000338. The van der Waals surface area contributed by atoms with Gasteiger partial charge in [-0.25, -0.2) is 13.1 Å². The molecule has 0 atom stereocenters. The van der Waals surface area contributed by atoms with Crippen molar-refractivity contribution in [3.05, 3.63) is 52.2 Å². The Bertz CT molecular complexity index is 792. The van der Waals surface area contributed by atoms with E-state index < -0.39 is 10.0 Å². The van der Waals surface area contributed by atoms with E-state index in [0.29, 0.717) is 19.0 Å². The number of sulfonamides is 1. The van der Waals surface area contributed by atoms with Gasteiger partial charge in [-0.05, 0) is 30.7 Å². The molecule has 26 heavy (non-hydrogen) atoms. The summed E-state index contributed by atoms with van der Waals surface area (Å²) in [6.07, 6.45) is 1.04. The van der Waals surface area contributed by atoms with Crippen molar-refractivity contribution in [1.29, 1.82) is 0 Å². The van der Waals surface area contributed by atoms with Crippen LogP contribution in [0, 0.1) is 0 Å². The van der Waals surface area contributed by atoms with Crippen LogP contribution in [0.5, 0.6) is 0 Å². The molecule has 6 nitrogen and oxygen atoms in total. The number of hydrogen-bond acceptors (Lipinski definition) is 4. The highest BCUT2D eigenvalue weighted by molar-refractivity contribution is 14.0. The van der Waals surface area contributed by atoms with E-state index in [0.717, 1.165) is 6.42 Å². The normalized spacial score (nSPS) is 11.7. The predicted molar refractivity (Wildman–Crippen MR) is 119 cm³/mol. The van der Waals surface area contributed by atoms with E-state index in [1.165, 1.54) is 9.75 Å². The lowest BCUT2D eigenvalue weighted by atomic mass is 10.4. The van der Waals surface area contributed by atoms with Crippen LogP contribution >= 0.6 is 35.3 Å². The molecule has 144 valence electrons. The van der Waals surface area contributed by atoms with E-state index in [1.807, 2.05) is 0 Å². The highest BCUT2D eigenvalue weighted by atomic mass is 127. The van der Waals surface area contributed by atoms with E-state index in [1.54, 1.807) is 48.7 Å². The zero-order valence-electron chi connectivity index (χ0n) is 14.9. The fourth-order valence-corrected chi connectivity index (χ4v) is 4.10. The van der Waals surface area contributed by atoms with Gasteiger partial charge >= 0.3 is 0 Å². The van der Waals surface area contributed by atoms with Gasteiger partial charge in [-0.2, -0.15) is 0 Å². The molecular weight excluding hydrogens is 483 g/mol. The molecule has 2 aromatic rings. The van der Waals surface area contributed by atoms with Crippen molar-refractivity contribution in [3.8, 4) is 0 Å². The summed E-state index contributed by atoms with van der Waals surface area (Å²) >= 11 is 1.78. The molecule has 0 fully saturated rings. The predicted octanol–water partition coefficient (Wildman–Crippen LogP) is 2.57. The third-order valence-electron chi connectivity index (χ3n) is 3.48. The first-order valence-corrected chi connectivity index (χ1v) is 10.4.